The molecular formula is C19H16BrNO3. The van der Waals surface area contributed by atoms with Crippen LogP contribution in [-0.4, -0.2) is 13.1 Å². The van der Waals surface area contributed by atoms with Crippen LogP contribution in [0.4, 0.5) is 0 Å². The third-order valence-corrected chi connectivity index (χ3v) is 3.82. The smallest absolute Gasteiger partial charge is 0.349 e. The van der Waals surface area contributed by atoms with Crippen molar-refractivity contribution in [3.8, 4) is 11.8 Å². The van der Waals surface area contributed by atoms with Gasteiger partial charge in [-0.3, -0.25) is 0 Å². The van der Waals surface area contributed by atoms with Crippen LogP contribution in [0.15, 0.2) is 52.5 Å². The van der Waals surface area contributed by atoms with Crippen molar-refractivity contribution in [1.29, 1.82) is 5.26 Å². The molecule has 0 saturated heterocycles. The largest absolute Gasteiger partial charge is 0.496 e. The van der Waals surface area contributed by atoms with Gasteiger partial charge in [0.2, 0.25) is 0 Å². The quantitative estimate of drug-likeness (QED) is 0.434. The van der Waals surface area contributed by atoms with Crippen LogP contribution in [0.2, 0.25) is 0 Å². The number of halogens is 1. The maximum absolute atomic E-state index is 12.1. The second-order valence-electron chi connectivity index (χ2n) is 5.11. The first-order valence-corrected chi connectivity index (χ1v) is 8.01. The molecule has 0 N–H and O–H groups in total. The number of rotatable bonds is 5. The minimum Gasteiger partial charge on any atom is -0.496 e. The average Bonchev–Trinajstić information content (AvgIpc) is 2.59. The number of esters is 1. The molecular weight excluding hydrogens is 370 g/mol. The molecule has 0 radical (unpaired) electrons. The normalized spacial score (nSPS) is 10.8. The predicted octanol–water partition coefficient (Wildman–Crippen LogP) is 4.42. The van der Waals surface area contributed by atoms with Crippen molar-refractivity contribution in [2.45, 2.75) is 13.5 Å². The van der Waals surface area contributed by atoms with E-state index in [9.17, 15) is 10.1 Å². The van der Waals surface area contributed by atoms with Gasteiger partial charge in [-0.2, -0.15) is 5.26 Å². The molecule has 2 aromatic carbocycles. The number of carbonyl (C=O) groups is 1. The number of aryl methyl sites for hydroxylation is 1. The Bertz CT molecular complexity index is 804. The zero-order valence-corrected chi connectivity index (χ0v) is 15.0. The fourth-order valence-corrected chi connectivity index (χ4v) is 2.46. The zero-order valence-electron chi connectivity index (χ0n) is 13.4. The second-order valence-corrected chi connectivity index (χ2v) is 6.03. The van der Waals surface area contributed by atoms with E-state index >= 15 is 0 Å². The highest BCUT2D eigenvalue weighted by Crippen LogP contribution is 2.24. The maximum atomic E-state index is 12.1. The van der Waals surface area contributed by atoms with Crippen molar-refractivity contribution in [2.24, 2.45) is 0 Å². The Morgan fingerprint density at radius 2 is 1.96 bits per heavy atom. The Balaban J connectivity index is 2.12. The Labute approximate surface area is 149 Å². The highest BCUT2D eigenvalue weighted by atomic mass is 79.9. The topological polar surface area (TPSA) is 59.3 Å². The first-order valence-electron chi connectivity index (χ1n) is 7.21. The van der Waals surface area contributed by atoms with Crippen molar-refractivity contribution in [1.82, 2.24) is 0 Å². The van der Waals surface area contributed by atoms with Crippen LogP contribution in [0.1, 0.15) is 16.7 Å². The van der Waals surface area contributed by atoms with Crippen LogP contribution >= 0.6 is 15.9 Å². The molecule has 0 fully saturated rings. The van der Waals surface area contributed by atoms with Crippen LogP contribution in [0.5, 0.6) is 5.75 Å². The summed E-state index contributed by atoms with van der Waals surface area (Å²) in [5.41, 5.74) is 2.55. The fraction of sp³-hybridized carbons (Fsp3) is 0.158. The van der Waals surface area contributed by atoms with E-state index in [2.05, 4.69) is 15.9 Å². The Morgan fingerprint density at radius 1 is 1.25 bits per heavy atom. The summed E-state index contributed by atoms with van der Waals surface area (Å²) < 4.78 is 11.3. The van der Waals surface area contributed by atoms with Crippen LogP contribution < -0.4 is 4.74 Å². The maximum Gasteiger partial charge on any atom is 0.349 e. The lowest BCUT2D eigenvalue weighted by Crippen LogP contribution is -2.07. The molecule has 2 rings (SSSR count). The lowest BCUT2D eigenvalue weighted by molar-refractivity contribution is -0.139. The molecule has 0 amide bonds. The van der Waals surface area contributed by atoms with Crippen LogP contribution in [-0.2, 0) is 16.1 Å². The van der Waals surface area contributed by atoms with E-state index in [4.69, 9.17) is 9.47 Å². The molecule has 0 aliphatic heterocycles. The number of hydrogen-bond acceptors (Lipinski definition) is 4. The summed E-state index contributed by atoms with van der Waals surface area (Å²) in [6.07, 6.45) is 1.51. The Kier molecular flexibility index (Phi) is 6.16. The first-order chi connectivity index (χ1) is 11.5. The van der Waals surface area contributed by atoms with Gasteiger partial charge in [0.1, 0.15) is 24.0 Å². The first kappa shape index (κ1) is 17.8. The summed E-state index contributed by atoms with van der Waals surface area (Å²) in [5.74, 6) is -0.0490. The standard InChI is InChI=1S/C19H16BrNO3/c1-13-3-5-14(6-4-13)9-15(11-21)19(22)24-12-16-10-17(20)7-8-18(16)23-2/h3-10H,12H2,1-2H3/b15-9+. The molecule has 0 aromatic heterocycles. The number of nitrogens with zero attached hydrogens (tertiary/aromatic N) is 1. The number of nitriles is 1. The molecule has 122 valence electrons. The Hall–Kier alpha value is -2.58. The fourth-order valence-electron chi connectivity index (χ4n) is 2.05. The molecule has 0 saturated carbocycles. The third-order valence-electron chi connectivity index (χ3n) is 3.33. The SMILES string of the molecule is COc1ccc(Br)cc1COC(=O)/C(C#N)=C/c1ccc(C)cc1. The molecule has 2 aromatic rings. The van der Waals surface area contributed by atoms with Gasteiger partial charge in [0.05, 0.1) is 7.11 Å². The van der Waals surface area contributed by atoms with Crippen LogP contribution in [0.25, 0.3) is 6.08 Å². The predicted molar refractivity (Wildman–Crippen MR) is 95.3 cm³/mol. The summed E-state index contributed by atoms with van der Waals surface area (Å²) in [6.45, 7) is 1.99. The van der Waals surface area contributed by atoms with Gasteiger partial charge in [0, 0.05) is 10.0 Å². The van der Waals surface area contributed by atoms with E-state index in [1.807, 2.05) is 49.4 Å². The highest BCUT2D eigenvalue weighted by molar-refractivity contribution is 9.10. The van der Waals surface area contributed by atoms with Gasteiger partial charge in [-0.1, -0.05) is 45.8 Å². The lowest BCUT2D eigenvalue weighted by atomic mass is 10.1. The number of methoxy groups -OCH3 is 1. The van der Waals surface area contributed by atoms with Gasteiger partial charge in [-0.25, -0.2) is 4.79 Å². The van der Waals surface area contributed by atoms with E-state index < -0.39 is 5.97 Å². The van der Waals surface area contributed by atoms with E-state index in [0.717, 1.165) is 15.6 Å². The number of ether oxygens (including phenoxy) is 2. The van der Waals surface area contributed by atoms with Gasteiger partial charge in [0.15, 0.2) is 0 Å². The monoisotopic (exact) mass is 385 g/mol. The minimum atomic E-state index is -0.667. The summed E-state index contributed by atoms with van der Waals surface area (Å²) in [4.78, 5) is 12.1. The molecule has 5 heteroatoms. The Morgan fingerprint density at radius 3 is 2.58 bits per heavy atom. The molecule has 0 heterocycles. The van der Waals surface area contributed by atoms with Crippen molar-refractivity contribution in [3.05, 3.63) is 69.2 Å². The molecule has 24 heavy (non-hydrogen) atoms. The lowest BCUT2D eigenvalue weighted by Gasteiger charge is -2.09. The van der Waals surface area contributed by atoms with Crippen LogP contribution in [0, 0.1) is 18.3 Å². The number of hydrogen-bond donors (Lipinski definition) is 0. The van der Waals surface area contributed by atoms with Gasteiger partial charge in [-0.15, -0.1) is 0 Å². The molecule has 0 aliphatic rings. The van der Waals surface area contributed by atoms with E-state index in [-0.39, 0.29) is 12.2 Å². The van der Waals surface area contributed by atoms with Crippen molar-refractivity contribution >= 4 is 28.0 Å². The van der Waals surface area contributed by atoms with E-state index in [1.54, 1.807) is 13.2 Å². The van der Waals surface area contributed by atoms with Gasteiger partial charge in [0.25, 0.3) is 0 Å². The summed E-state index contributed by atoms with van der Waals surface area (Å²) in [6, 6.07) is 14.8. The summed E-state index contributed by atoms with van der Waals surface area (Å²) in [5, 5.41) is 9.20. The average molecular weight is 386 g/mol. The second kappa shape index (κ2) is 8.32. The highest BCUT2D eigenvalue weighted by Gasteiger charge is 2.13. The molecule has 0 unspecified atom stereocenters. The third kappa shape index (κ3) is 4.71. The molecule has 0 spiro atoms. The minimum absolute atomic E-state index is 0.0222. The van der Waals surface area contributed by atoms with Crippen molar-refractivity contribution in [3.63, 3.8) is 0 Å². The number of carbonyl (C=O) groups excluding carboxylic acids is 1. The molecule has 0 aliphatic carbocycles. The number of benzene rings is 2. The van der Waals surface area contributed by atoms with Gasteiger partial charge >= 0.3 is 5.97 Å². The van der Waals surface area contributed by atoms with Gasteiger partial charge in [-0.05, 0) is 36.8 Å². The van der Waals surface area contributed by atoms with Gasteiger partial charge < -0.3 is 9.47 Å². The van der Waals surface area contributed by atoms with E-state index in [1.165, 1.54) is 6.08 Å². The summed E-state index contributed by atoms with van der Waals surface area (Å²) >= 11 is 3.37. The molecule has 0 atom stereocenters. The van der Waals surface area contributed by atoms with Crippen molar-refractivity contribution in [2.75, 3.05) is 7.11 Å². The molecule has 0 bridgehead atoms. The molecule has 4 nitrogen and oxygen atoms in total. The zero-order chi connectivity index (χ0) is 17.5. The van der Waals surface area contributed by atoms with Crippen LogP contribution in [0.3, 0.4) is 0 Å². The van der Waals surface area contributed by atoms with Crippen molar-refractivity contribution < 1.29 is 14.3 Å². The van der Waals surface area contributed by atoms with E-state index in [0.29, 0.717) is 11.3 Å². The summed E-state index contributed by atoms with van der Waals surface area (Å²) in [7, 11) is 1.55.